The van der Waals surface area contributed by atoms with Crippen LogP contribution in [0.25, 0.3) is 0 Å². The molecule has 2 atom stereocenters. The van der Waals surface area contributed by atoms with Crippen molar-refractivity contribution in [2.24, 2.45) is 0 Å². The number of aryl methyl sites for hydroxylation is 1. The normalized spacial score (nSPS) is 22.7. The molecule has 1 aromatic carbocycles. The van der Waals surface area contributed by atoms with Crippen molar-refractivity contribution in [2.75, 3.05) is 19.6 Å². The van der Waals surface area contributed by atoms with Crippen molar-refractivity contribution in [3.63, 3.8) is 0 Å². The predicted octanol–water partition coefficient (Wildman–Crippen LogP) is 1.41. The van der Waals surface area contributed by atoms with E-state index in [9.17, 15) is 9.90 Å². The molecule has 0 amide bonds. The van der Waals surface area contributed by atoms with Gasteiger partial charge in [-0.2, -0.15) is 0 Å². The third kappa shape index (κ3) is 2.54. The maximum absolute atomic E-state index is 11.3. The molecule has 1 aliphatic rings. The van der Waals surface area contributed by atoms with Gasteiger partial charge in [-0.25, -0.2) is 0 Å². The average molecular weight is 248 g/mol. The lowest BCUT2D eigenvalue weighted by Crippen LogP contribution is -2.55. The highest BCUT2D eigenvalue weighted by Gasteiger charge is 2.32. The van der Waals surface area contributed by atoms with E-state index < -0.39 is 12.0 Å². The van der Waals surface area contributed by atoms with Gasteiger partial charge in [0, 0.05) is 25.7 Å². The molecule has 0 aromatic heterocycles. The largest absolute Gasteiger partial charge is 0.480 e. The number of piperazine rings is 1. The van der Waals surface area contributed by atoms with Crippen LogP contribution in [0.3, 0.4) is 0 Å². The van der Waals surface area contributed by atoms with Crippen molar-refractivity contribution in [3.8, 4) is 0 Å². The molecule has 1 heterocycles. The Morgan fingerprint density at radius 2 is 2.22 bits per heavy atom. The van der Waals surface area contributed by atoms with Crippen LogP contribution >= 0.6 is 0 Å². The first kappa shape index (κ1) is 13.1. The van der Waals surface area contributed by atoms with Crippen molar-refractivity contribution in [3.05, 3.63) is 35.4 Å². The molecular weight excluding hydrogens is 228 g/mol. The van der Waals surface area contributed by atoms with Crippen molar-refractivity contribution in [2.45, 2.75) is 25.9 Å². The van der Waals surface area contributed by atoms with E-state index in [4.69, 9.17) is 0 Å². The third-order valence-corrected chi connectivity index (χ3v) is 3.71. The molecule has 0 saturated carbocycles. The number of carboxylic acid groups (broad SMARTS) is 1. The molecule has 2 N–H and O–H groups in total. The molecule has 0 spiro atoms. The summed E-state index contributed by atoms with van der Waals surface area (Å²) in [5, 5.41) is 12.4. The number of hydrogen-bond donors (Lipinski definition) is 2. The van der Waals surface area contributed by atoms with Gasteiger partial charge >= 0.3 is 5.97 Å². The van der Waals surface area contributed by atoms with E-state index in [1.165, 1.54) is 11.1 Å². The summed E-state index contributed by atoms with van der Waals surface area (Å²) in [7, 11) is 0. The third-order valence-electron chi connectivity index (χ3n) is 3.71. The highest BCUT2D eigenvalue weighted by atomic mass is 16.4. The fraction of sp³-hybridized carbons (Fsp3) is 0.500. The zero-order chi connectivity index (χ0) is 13.1. The Hall–Kier alpha value is -1.39. The topological polar surface area (TPSA) is 52.6 Å². The lowest BCUT2D eigenvalue weighted by Gasteiger charge is -2.38. The van der Waals surface area contributed by atoms with Gasteiger partial charge < -0.3 is 10.4 Å². The summed E-state index contributed by atoms with van der Waals surface area (Å²) in [6.07, 6.45) is 0. The van der Waals surface area contributed by atoms with E-state index in [2.05, 4.69) is 36.2 Å². The smallest absolute Gasteiger partial charge is 0.322 e. The molecule has 2 rings (SSSR count). The van der Waals surface area contributed by atoms with Crippen LogP contribution in [0.2, 0.25) is 0 Å². The lowest BCUT2D eigenvalue weighted by atomic mass is 9.99. The van der Waals surface area contributed by atoms with Crippen LogP contribution in [-0.2, 0) is 4.79 Å². The van der Waals surface area contributed by atoms with Gasteiger partial charge in [0.1, 0.15) is 6.04 Å². The first-order chi connectivity index (χ1) is 8.61. The van der Waals surface area contributed by atoms with Gasteiger partial charge in [0.05, 0.1) is 0 Å². The summed E-state index contributed by atoms with van der Waals surface area (Å²) in [5.41, 5.74) is 2.43. The van der Waals surface area contributed by atoms with E-state index in [1.807, 2.05) is 12.1 Å². The maximum atomic E-state index is 11.3. The molecule has 1 aliphatic heterocycles. The standard InChI is InChI=1S/C14H20N2O2/c1-10-5-3-4-6-12(10)11(2)16-8-7-15-9-13(16)14(17)18/h3-6,11,13,15H,7-9H2,1-2H3,(H,17,18). The molecule has 0 aliphatic carbocycles. The summed E-state index contributed by atoms with van der Waals surface area (Å²) in [6.45, 7) is 6.30. The van der Waals surface area contributed by atoms with Crippen molar-refractivity contribution >= 4 is 5.97 Å². The summed E-state index contributed by atoms with van der Waals surface area (Å²) in [6, 6.07) is 7.88. The van der Waals surface area contributed by atoms with Gasteiger partial charge in [-0.05, 0) is 25.0 Å². The Morgan fingerprint density at radius 3 is 2.89 bits per heavy atom. The zero-order valence-corrected chi connectivity index (χ0v) is 10.9. The zero-order valence-electron chi connectivity index (χ0n) is 10.9. The lowest BCUT2D eigenvalue weighted by molar-refractivity contribution is -0.145. The average Bonchev–Trinajstić information content (AvgIpc) is 2.38. The van der Waals surface area contributed by atoms with Gasteiger partial charge in [-0.3, -0.25) is 9.69 Å². The van der Waals surface area contributed by atoms with Crippen LogP contribution in [0.15, 0.2) is 24.3 Å². The summed E-state index contributed by atoms with van der Waals surface area (Å²) in [4.78, 5) is 13.4. The number of nitrogens with one attached hydrogen (secondary N) is 1. The Labute approximate surface area is 108 Å². The molecule has 4 heteroatoms. The Bertz CT molecular complexity index is 434. The van der Waals surface area contributed by atoms with Crippen molar-refractivity contribution in [1.82, 2.24) is 10.2 Å². The summed E-state index contributed by atoms with van der Waals surface area (Å²) >= 11 is 0. The van der Waals surface area contributed by atoms with Gasteiger partial charge in [0.25, 0.3) is 0 Å². The minimum absolute atomic E-state index is 0.134. The predicted molar refractivity (Wildman–Crippen MR) is 70.6 cm³/mol. The molecule has 1 fully saturated rings. The second-order valence-electron chi connectivity index (χ2n) is 4.83. The van der Waals surface area contributed by atoms with Crippen LogP contribution in [-0.4, -0.2) is 41.7 Å². The molecule has 4 nitrogen and oxygen atoms in total. The summed E-state index contributed by atoms with van der Waals surface area (Å²) in [5.74, 6) is -0.748. The van der Waals surface area contributed by atoms with E-state index in [-0.39, 0.29) is 6.04 Å². The number of hydrogen-bond acceptors (Lipinski definition) is 3. The number of carbonyl (C=O) groups is 1. The minimum Gasteiger partial charge on any atom is -0.480 e. The number of aliphatic carboxylic acids is 1. The number of nitrogens with zero attached hydrogens (tertiary/aromatic N) is 1. The molecular formula is C14H20N2O2. The second kappa shape index (κ2) is 5.50. The second-order valence-corrected chi connectivity index (χ2v) is 4.83. The first-order valence-electron chi connectivity index (χ1n) is 6.36. The molecule has 1 aromatic rings. The number of carboxylic acids is 1. The molecule has 0 radical (unpaired) electrons. The Morgan fingerprint density at radius 1 is 1.50 bits per heavy atom. The van der Waals surface area contributed by atoms with Crippen LogP contribution in [0.1, 0.15) is 24.1 Å². The van der Waals surface area contributed by atoms with Gasteiger partial charge in [-0.15, -0.1) is 0 Å². The number of benzene rings is 1. The van der Waals surface area contributed by atoms with Gasteiger partial charge in [-0.1, -0.05) is 24.3 Å². The van der Waals surface area contributed by atoms with Crippen LogP contribution < -0.4 is 5.32 Å². The van der Waals surface area contributed by atoms with Crippen LogP contribution in [0, 0.1) is 6.92 Å². The SMILES string of the molecule is Cc1ccccc1C(C)N1CCNCC1C(=O)O. The fourth-order valence-electron chi connectivity index (χ4n) is 2.65. The molecule has 18 heavy (non-hydrogen) atoms. The Balaban J connectivity index is 2.23. The number of rotatable bonds is 3. The maximum Gasteiger partial charge on any atom is 0.322 e. The van der Waals surface area contributed by atoms with E-state index >= 15 is 0 Å². The van der Waals surface area contributed by atoms with E-state index in [0.717, 1.165) is 13.1 Å². The highest BCUT2D eigenvalue weighted by Crippen LogP contribution is 2.25. The summed E-state index contributed by atoms with van der Waals surface area (Å²) < 4.78 is 0. The van der Waals surface area contributed by atoms with Crippen molar-refractivity contribution < 1.29 is 9.90 Å². The Kier molecular flexibility index (Phi) is 3.99. The van der Waals surface area contributed by atoms with Crippen molar-refractivity contribution in [1.29, 1.82) is 0 Å². The highest BCUT2D eigenvalue weighted by molar-refractivity contribution is 5.74. The molecule has 0 bridgehead atoms. The fourth-order valence-corrected chi connectivity index (χ4v) is 2.65. The van der Waals surface area contributed by atoms with Crippen LogP contribution in [0.5, 0.6) is 0 Å². The minimum atomic E-state index is -0.748. The van der Waals surface area contributed by atoms with Crippen LogP contribution in [0.4, 0.5) is 0 Å². The molecule has 1 saturated heterocycles. The van der Waals surface area contributed by atoms with E-state index in [0.29, 0.717) is 6.54 Å². The first-order valence-corrected chi connectivity index (χ1v) is 6.36. The quantitative estimate of drug-likeness (QED) is 0.849. The van der Waals surface area contributed by atoms with E-state index in [1.54, 1.807) is 0 Å². The van der Waals surface area contributed by atoms with Gasteiger partial charge in [0.15, 0.2) is 0 Å². The monoisotopic (exact) mass is 248 g/mol. The molecule has 2 unspecified atom stereocenters. The van der Waals surface area contributed by atoms with Gasteiger partial charge in [0.2, 0.25) is 0 Å². The molecule has 98 valence electrons.